The molecule has 5 nitrogen and oxygen atoms in total. The van der Waals surface area contributed by atoms with Crippen molar-refractivity contribution in [3.05, 3.63) is 47.1 Å². The summed E-state index contributed by atoms with van der Waals surface area (Å²) in [5, 5.41) is 8.09. The number of benzene rings is 1. The van der Waals surface area contributed by atoms with Crippen LogP contribution in [0.1, 0.15) is 23.6 Å². The summed E-state index contributed by atoms with van der Waals surface area (Å²) in [5.74, 6) is 2.96. The zero-order valence-corrected chi connectivity index (χ0v) is 12.7. The Morgan fingerprint density at radius 2 is 2.27 bits per heavy atom. The number of para-hydroxylation sites is 1. The molecule has 5 heteroatoms. The second-order valence-corrected chi connectivity index (χ2v) is 6.00. The smallest absolute Gasteiger partial charge is 0.147 e. The highest BCUT2D eigenvalue weighted by Gasteiger charge is 2.21. The lowest BCUT2D eigenvalue weighted by atomic mass is 10.1. The van der Waals surface area contributed by atoms with Gasteiger partial charge in [-0.05, 0) is 31.1 Å². The van der Waals surface area contributed by atoms with Crippen molar-refractivity contribution >= 4 is 6.08 Å². The van der Waals surface area contributed by atoms with Gasteiger partial charge in [0.25, 0.3) is 0 Å². The summed E-state index contributed by atoms with van der Waals surface area (Å²) in [5.41, 5.74) is 2.46. The van der Waals surface area contributed by atoms with E-state index in [2.05, 4.69) is 27.5 Å². The first kappa shape index (κ1) is 13.5. The van der Waals surface area contributed by atoms with Gasteiger partial charge in [0, 0.05) is 24.6 Å². The number of hydrogen-bond acceptors (Lipinski definition) is 4. The Kier molecular flexibility index (Phi) is 3.42. The molecule has 0 amide bonds. The number of nitrogens with one attached hydrogen (secondary N) is 1. The molecule has 0 fully saturated rings. The lowest BCUT2D eigenvalue weighted by Gasteiger charge is -2.25. The molecule has 4 rings (SSSR count). The van der Waals surface area contributed by atoms with Crippen LogP contribution < -0.4 is 10.1 Å². The molecule has 0 saturated carbocycles. The second kappa shape index (κ2) is 5.57. The van der Waals surface area contributed by atoms with Crippen molar-refractivity contribution in [3.8, 4) is 5.75 Å². The quantitative estimate of drug-likeness (QED) is 0.941. The largest absolute Gasteiger partial charge is 0.489 e. The van der Waals surface area contributed by atoms with E-state index >= 15 is 0 Å². The molecule has 2 aliphatic rings. The molecule has 2 aromatic rings. The number of aryl methyl sites for hydroxylation is 2. The second-order valence-electron chi connectivity index (χ2n) is 6.00. The monoisotopic (exact) mass is 296 g/mol. The number of rotatable bonds is 3. The number of ether oxygens (including phenoxy) is 1. The van der Waals surface area contributed by atoms with Crippen LogP contribution in [-0.4, -0.2) is 34.0 Å². The van der Waals surface area contributed by atoms with Gasteiger partial charge in [-0.2, -0.15) is 5.10 Å². The van der Waals surface area contributed by atoms with Crippen LogP contribution in [0.15, 0.2) is 29.8 Å². The van der Waals surface area contributed by atoms with Crippen molar-refractivity contribution < 1.29 is 4.74 Å². The number of hydrogen-bond donors (Lipinski definition) is 1. The first-order valence-corrected chi connectivity index (χ1v) is 7.83. The summed E-state index contributed by atoms with van der Waals surface area (Å²) < 4.78 is 7.84. The molecule has 2 aliphatic heterocycles. The molecule has 1 atom stereocenters. The highest BCUT2D eigenvalue weighted by molar-refractivity contribution is 5.62. The van der Waals surface area contributed by atoms with Gasteiger partial charge >= 0.3 is 0 Å². The van der Waals surface area contributed by atoms with Gasteiger partial charge in [-0.15, -0.1) is 0 Å². The van der Waals surface area contributed by atoms with Gasteiger partial charge in [-0.1, -0.05) is 18.2 Å². The van der Waals surface area contributed by atoms with Crippen LogP contribution in [0.4, 0.5) is 0 Å². The average molecular weight is 296 g/mol. The Hall–Kier alpha value is -2.14. The summed E-state index contributed by atoms with van der Waals surface area (Å²) in [7, 11) is 0. The van der Waals surface area contributed by atoms with Gasteiger partial charge in [0.1, 0.15) is 24.0 Å². The Balaban J connectivity index is 1.39. The molecular formula is C17H20N4O. The predicted octanol–water partition coefficient (Wildman–Crippen LogP) is 1.97. The van der Waals surface area contributed by atoms with Crippen LogP contribution in [0.5, 0.6) is 5.75 Å². The molecule has 1 N–H and O–H groups in total. The summed E-state index contributed by atoms with van der Waals surface area (Å²) >= 11 is 0. The zero-order chi connectivity index (χ0) is 14.9. The van der Waals surface area contributed by atoms with Crippen LogP contribution in [0.25, 0.3) is 6.08 Å². The SMILES string of the molecule is Cc1nc2n(n1)CC(NCC1=Cc3ccccc3OC1)CC2. The van der Waals surface area contributed by atoms with Crippen molar-refractivity contribution in [1.82, 2.24) is 20.1 Å². The number of nitrogens with zero attached hydrogens (tertiary/aromatic N) is 3. The Morgan fingerprint density at radius 1 is 1.36 bits per heavy atom. The molecular weight excluding hydrogens is 276 g/mol. The maximum atomic E-state index is 5.80. The fourth-order valence-corrected chi connectivity index (χ4v) is 3.14. The molecule has 1 aromatic heterocycles. The van der Waals surface area contributed by atoms with E-state index in [1.54, 1.807) is 0 Å². The average Bonchev–Trinajstić information content (AvgIpc) is 2.92. The lowest BCUT2D eigenvalue weighted by Crippen LogP contribution is -2.39. The predicted molar refractivity (Wildman–Crippen MR) is 84.8 cm³/mol. The van der Waals surface area contributed by atoms with E-state index in [1.807, 2.05) is 29.8 Å². The Morgan fingerprint density at radius 3 is 3.23 bits per heavy atom. The molecule has 22 heavy (non-hydrogen) atoms. The Bertz CT molecular complexity index is 719. The van der Waals surface area contributed by atoms with E-state index < -0.39 is 0 Å². The molecule has 0 saturated heterocycles. The van der Waals surface area contributed by atoms with Crippen molar-refractivity contribution in [2.45, 2.75) is 32.4 Å². The summed E-state index contributed by atoms with van der Waals surface area (Å²) in [6.45, 7) is 4.39. The minimum atomic E-state index is 0.451. The van der Waals surface area contributed by atoms with E-state index in [0.717, 1.165) is 43.3 Å². The summed E-state index contributed by atoms with van der Waals surface area (Å²) in [4.78, 5) is 4.45. The third-order valence-corrected chi connectivity index (χ3v) is 4.27. The molecule has 114 valence electrons. The molecule has 0 bridgehead atoms. The van der Waals surface area contributed by atoms with Crippen molar-refractivity contribution in [1.29, 1.82) is 0 Å². The van der Waals surface area contributed by atoms with Crippen LogP contribution in [0.3, 0.4) is 0 Å². The fraction of sp³-hybridized carbons (Fsp3) is 0.412. The van der Waals surface area contributed by atoms with Gasteiger partial charge in [0.05, 0.1) is 6.54 Å². The summed E-state index contributed by atoms with van der Waals surface area (Å²) in [6, 6.07) is 8.62. The molecule has 0 aliphatic carbocycles. The Labute approximate surface area is 130 Å². The van der Waals surface area contributed by atoms with E-state index in [0.29, 0.717) is 12.6 Å². The van der Waals surface area contributed by atoms with E-state index in [4.69, 9.17) is 4.74 Å². The number of fused-ring (bicyclic) bond motifs is 2. The van der Waals surface area contributed by atoms with E-state index in [-0.39, 0.29) is 0 Å². The van der Waals surface area contributed by atoms with Gasteiger partial charge in [0.15, 0.2) is 0 Å². The van der Waals surface area contributed by atoms with Gasteiger partial charge in [-0.25, -0.2) is 9.67 Å². The number of aromatic nitrogens is 3. The van der Waals surface area contributed by atoms with Gasteiger partial charge < -0.3 is 10.1 Å². The van der Waals surface area contributed by atoms with Crippen molar-refractivity contribution in [2.75, 3.05) is 13.2 Å². The molecule has 1 aromatic carbocycles. The maximum Gasteiger partial charge on any atom is 0.147 e. The molecule has 3 heterocycles. The van der Waals surface area contributed by atoms with E-state index in [1.165, 1.54) is 11.1 Å². The van der Waals surface area contributed by atoms with E-state index in [9.17, 15) is 0 Å². The van der Waals surface area contributed by atoms with Crippen LogP contribution in [0.2, 0.25) is 0 Å². The first-order chi connectivity index (χ1) is 10.8. The lowest BCUT2D eigenvalue weighted by molar-refractivity contribution is 0.330. The third-order valence-electron chi connectivity index (χ3n) is 4.27. The normalized spacial score (nSPS) is 19.9. The highest BCUT2D eigenvalue weighted by atomic mass is 16.5. The van der Waals surface area contributed by atoms with Crippen molar-refractivity contribution in [2.24, 2.45) is 0 Å². The standard InChI is InChI=1S/C17H20N4O/c1-12-19-17-7-6-15(10-21(17)20-12)18-9-13-8-14-4-2-3-5-16(14)22-11-13/h2-5,8,15,18H,6-7,9-11H2,1H3. The maximum absolute atomic E-state index is 5.80. The van der Waals surface area contributed by atoms with Crippen molar-refractivity contribution in [3.63, 3.8) is 0 Å². The summed E-state index contributed by atoms with van der Waals surface area (Å²) in [6.07, 6.45) is 4.35. The first-order valence-electron chi connectivity index (χ1n) is 7.83. The topological polar surface area (TPSA) is 52.0 Å². The third kappa shape index (κ3) is 2.64. The van der Waals surface area contributed by atoms with Crippen LogP contribution in [-0.2, 0) is 13.0 Å². The fourth-order valence-electron chi connectivity index (χ4n) is 3.14. The van der Waals surface area contributed by atoms with Crippen LogP contribution in [0, 0.1) is 6.92 Å². The van der Waals surface area contributed by atoms with Gasteiger partial charge in [0.2, 0.25) is 0 Å². The zero-order valence-electron chi connectivity index (χ0n) is 12.7. The molecule has 1 unspecified atom stereocenters. The minimum Gasteiger partial charge on any atom is -0.489 e. The minimum absolute atomic E-state index is 0.451. The molecule has 0 radical (unpaired) electrons. The van der Waals surface area contributed by atoms with Crippen LogP contribution >= 0.6 is 0 Å². The molecule has 0 spiro atoms. The van der Waals surface area contributed by atoms with Gasteiger partial charge in [-0.3, -0.25) is 0 Å². The highest BCUT2D eigenvalue weighted by Crippen LogP contribution is 2.25.